The number of carbonyl (C=O) groups excluding carboxylic acids is 1. The van der Waals surface area contributed by atoms with Crippen LogP contribution in [0.2, 0.25) is 0 Å². The summed E-state index contributed by atoms with van der Waals surface area (Å²) in [7, 11) is 1.89. The van der Waals surface area contributed by atoms with E-state index in [4.69, 9.17) is 4.74 Å². The van der Waals surface area contributed by atoms with Crippen LogP contribution in [0.4, 0.5) is 5.82 Å². The summed E-state index contributed by atoms with van der Waals surface area (Å²) in [6.45, 7) is 4.33. The van der Waals surface area contributed by atoms with E-state index in [-0.39, 0.29) is 11.9 Å². The van der Waals surface area contributed by atoms with Gasteiger partial charge in [-0.3, -0.25) is 9.78 Å². The monoisotopic (exact) mass is 340 g/mol. The summed E-state index contributed by atoms with van der Waals surface area (Å²) in [5, 5.41) is 0. The molecule has 132 valence electrons. The number of hydrogen-bond acceptors (Lipinski definition) is 5. The molecule has 1 fully saturated rings. The minimum atomic E-state index is 0.0565. The summed E-state index contributed by atoms with van der Waals surface area (Å²) < 4.78 is 5.43. The average Bonchev–Trinajstić information content (AvgIpc) is 2.68. The number of rotatable bonds is 5. The fourth-order valence-electron chi connectivity index (χ4n) is 3.17. The fraction of sp³-hybridized carbons (Fsp3) is 0.421. The van der Waals surface area contributed by atoms with Crippen molar-refractivity contribution in [3.63, 3.8) is 0 Å². The Morgan fingerprint density at radius 2 is 1.96 bits per heavy atom. The van der Waals surface area contributed by atoms with Crippen LogP contribution in [0.25, 0.3) is 0 Å². The van der Waals surface area contributed by atoms with Gasteiger partial charge in [-0.1, -0.05) is 0 Å². The van der Waals surface area contributed by atoms with Gasteiger partial charge < -0.3 is 14.5 Å². The summed E-state index contributed by atoms with van der Waals surface area (Å²) >= 11 is 0. The van der Waals surface area contributed by atoms with Crippen molar-refractivity contribution >= 4 is 11.7 Å². The molecule has 0 spiro atoms. The van der Waals surface area contributed by atoms with Crippen LogP contribution < -0.4 is 9.64 Å². The molecule has 1 aromatic heterocycles. The number of carbonyl (C=O) groups is 1. The second-order valence-corrected chi connectivity index (χ2v) is 6.16. The topological polar surface area (TPSA) is 58.6 Å². The quantitative estimate of drug-likeness (QED) is 0.837. The average molecular weight is 340 g/mol. The van der Waals surface area contributed by atoms with Gasteiger partial charge in [-0.15, -0.1) is 0 Å². The second kappa shape index (κ2) is 7.96. The van der Waals surface area contributed by atoms with Crippen LogP contribution in [0.5, 0.6) is 5.75 Å². The molecule has 6 nitrogen and oxygen atoms in total. The summed E-state index contributed by atoms with van der Waals surface area (Å²) in [6.07, 6.45) is 7.03. The molecular weight excluding hydrogens is 316 g/mol. The molecule has 2 aromatic rings. The molecule has 0 N–H and O–H groups in total. The molecular formula is C19H24N4O2. The highest BCUT2D eigenvalue weighted by Gasteiger charge is 2.26. The number of anilines is 1. The summed E-state index contributed by atoms with van der Waals surface area (Å²) in [5.41, 5.74) is 0.697. The van der Waals surface area contributed by atoms with Crippen molar-refractivity contribution in [1.29, 1.82) is 0 Å². The van der Waals surface area contributed by atoms with Gasteiger partial charge in [0.25, 0.3) is 5.91 Å². The summed E-state index contributed by atoms with van der Waals surface area (Å²) in [5.74, 6) is 1.75. The van der Waals surface area contributed by atoms with E-state index >= 15 is 0 Å². The molecule has 0 radical (unpaired) electrons. The molecule has 1 saturated heterocycles. The van der Waals surface area contributed by atoms with Crippen LogP contribution in [0.3, 0.4) is 0 Å². The highest BCUT2D eigenvalue weighted by Crippen LogP contribution is 2.21. The molecule has 0 atom stereocenters. The highest BCUT2D eigenvalue weighted by atomic mass is 16.5. The smallest absolute Gasteiger partial charge is 0.253 e. The van der Waals surface area contributed by atoms with Crippen molar-refractivity contribution in [3.05, 3.63) is 48.4 Å². The number of piperidine rings is 1. The maximum atomic E-state index is 12.7. The van der Waals surface area contributed by atoms with Crippen molar-refractivity contribution < 1.29 is 9.53 Å². The molecule has 3 rings (SSSR count). The molecule has 2 heterocycles. The number of ether oxygens (including phenoxy) is 1. The van der Waals surface area contributed by atoms with Gasteiger partial charge in [-0.2, -0.15) is 0 Å². The van der Waals surface area contributed by atoms with Gasteiger partial charge in [-0.25, -0.2) is 4.98 Å². The third-order valence-electron chi connectivity index (χ3n) is 4.62. The van der Waals surface area contributed by atoms with Gasteiger partial charge in [0, 0.05) is 44.1 Å². The van der Waals surface area contributed by atoms with E-state index in [1.54, 1.807) is 18.6 Å². The van der Waals surface area contributed by atoms with Crippen LogP contribution >= 0.6 is 0 Å². The molecule has 25 heavy (non-hydrogen) atoms. The molecule has 0 bridgehead atoms. The molecule has 1 aromatic carbocycles. The normalized spacial score (nSPS) is 15.0. The van der Waals surface area contributed by atoms with E-state index in [9.17, 15) is 4.79 Å². The Kier molecular flexibility index (Phi) is 5.48. The van der Waals surface area contributed by atoms with Gasteiger partial charge in [0.15, 0.2) is 0 Å². The third-order valence-corrected chi connectivity index (χ3v) is 4.62. The number of amides is 1. The Labute approximate surface area is 148 Å². The van der Waals surface area contributed by atoms with Crippen LogP contribution in [-0.4, -0.2) is 53.6 Å². The van der Waals surface area contributed by atoms with Crippen LogP contribution in [0.15, 0.2) is 42.9 Å². The minimum Gasteiger partial charge on any atom is -0.494 e. The largest absolute Gasteiger partial charge is 0.494 e. The molecule has 1 aliphatic rings. The van der Waals surface area contributed by atoms with E-state index in [1.165, 1.54) is 0 Å². The van der Waals surface area contributed by atoms with E-state index in [2.05, 4.69) is 14.9 Å². The Hall–Kier alpha value is -2.63. The van der Waals surface area contributed by atoms with E-state index in [0.29, 0.717) is 12.2 Å². The number of hydrogen-bond donors (Lipinski definition) is 0. The summed E-state index contributed by atoms with van der Waals surface area (Å²) in [6, 6.07) is 7.60. The lowest BCUT2D eigenvalue weighted by molar-refractivity contribution is 0.0709. The zero-order valence-electron chi connectivity index (χ0n) is 14.8. The molecule has 0 aliphatic carbocycles. The van der Waals surface area contributed by atoms with Gasteiger partial charge in [0.05, 0.1) is 12.8 Å². The van der Waals surface area contributed by atoms with Crippen molar-refractivity contribution in [2.45, 2.75) is 25.8 Å². The van der Waals surface area contributed by atoms with Crippen molar-refractivity contribution in [1.82, 2.24) is 14.9 Å². The molecule has 1 aliphatic heterocycles. The molecule has 0 unspecified atom stereocenters. The highest BCUT2D eigenvalue weighted by molar-refractivity contribution is 5.94. The molecule has 0 saturated carbocycles. The SMILES string of the molecule is CCOc1ccc(C(=O)N(C)C2CCN(c3cnccn3)CC2)cc1. The number of benzene rings is 1. The van der Waals surface area contributed by atoms with Crippen molar-refractivity contribution in [3.8, 4) is 5.75 Å². The van der Waals surface area contributed by atoms with Gasteiger partial charge in [-0.05, 0) is 44.0 Å². The van der Waals surface area contributed by atoms with Gasteiger partial charge >= 0.3 is 0 Å². The Morgan fingerprint density at radius 3 is 2.56 bits per heavy atom. The standard InChI is InChI=1S/C19H24N4O2/c1-3-25-17-6-4-15(5-7-17)19(24)22(2)16-8-12-23(13-9-16)18-14-20-10-11-21-18/h4-7,10-11,14,16H,3,8-9,12-13H2,1-2H3. The number of aromatic nitrogens is 2. The first kappa shape index (κ1) is 17.2. The third kappa shape index (κ3) is 4.07. The predicted molar refractivity (Wildman–Crippen MR) is 97.0 cm³/mol. The van der Waals surface area contributed by atoms with Gasteiger partial charge in [0.1, 0.15) is 11.6 Å². The van der Waals surface area contributed by atoms with E-state index in [1.807, 2.05) is 43.1 Å². The van der Waals surface area contributed by atoms with Crippen LogP contribution in [0, 0.1) is 0 Å². The lowest BCUT2D eigenvalue weighted by Gasteiger charge is -2.37. The second-order valence-electron chi connectivity index (χ2n) is 6.16. The lowest BCUT2D eigenvalue weighted by Crippen LogP contribution is -2.45. The Bertz CT molecular complexity index is 682. The van der Waals surface area contributed by atoms with Gasteiger partial charge in [0.2, 0.25) is 0 Å². The van der Waals surface area contributed by atoms with E-state index < -0.39 is 0 Å². The summed E-state index contributed by atoms with van der Waals surface area (Å²) in [4.78, 5) is 25.3. The zero-order chi connectivity index (χ0) is 17.6. The first-order valence-electron chi connectivity index (χ1n) is 8.70. The molecule has 6 heteroatoms. The van der Waals surface area contributed by atoms with Crippen LogP contribution in [-0.2, 0) is 0 Å². The maximum absolute atomic E-state index is 12.7. The maximum Gasteiger partial charge on any atom is 0.253 e. The first-order valence-corrected chi connectivity index (χ1v) is 8.70. The zero-order valence-corrected chi connectivity index (χ0v) is 14.8. The molecule has 1 amide bonds. The van der Waals surface area contributed by atoms with Crippen LogP contribution in [0.1, 0.15) is 30.1 Å². The van der Waals surface area contributed by atoms with Crippen molar-refractivity contribution in [2.75, 3.05) is 31.6 Å². The van der Waals surface area contributed by atoms with E-state index in [0.717, 1.165) is 37.5 Å². The number of nitrogens with zero attached hydrogens (tertiary/aromatic N) is 4. The predicted octanol–water partition coefficient (Wildman–Crippen LogP) is 2.62. The first-order chi connectivity index (χ1) is 12.2. The fourth-order valence-corrected chi connectivity index (χ4v) is 3.17. The van der Waals surface area contributed by atoms with Crippen molar-refractivity contribution in [2.24, 2.45) is 0 Å². The lowest BCUT2D eigenvalue weighted by atomic mass is 10.0. The Morgan fingerprint density at radius 1 is 1.24 bits per heavy atom. The minimum absolute atomic E-state index is 0.0565. The Balaban J connectivity index is 1.58.